The van der Waals surface area contributed by atoms with E-state index in [1.165, 1.54) is 12.1 Å². The van der Waals surface area contributed by atoms with Crippen molar-refractivity contribution in [3.05, 3.63) is 23.8 Å². The molecule has 1 aromatic rings. The van der Waals surface area contributed by atoms with E-state index in [0.717, 1.165) is 25.3 Å². The maximum atomic E-state index is 12.6. The number of phenolic OH excluding ortho intramolecular Hbond substituents is 2. The molecule has 2 aliphatic rings. The number of amides is 1. The third-order valence-corrected chi connectivity index (χ3v) is 5.26. The van der Waals surface area contributed by atoms with Crippen LogP contribution in [0.25, 0.3) is 0 Å². The van der Waals surface area contributed by atoms with Crippen molar-refractivity contribution in [2.24, 2.45) is 10.8 Å². The van der Waals surface area contributed by atoms with Gasteiger partial charge in [0.15, 0.2) is 6.61 Å². The number of likely N-dealkylation sites (tertiary alicyclic amines) is 1. The first-order valence-corrected chi connectivity index (χ1v) is 8.57. The number of carbonyl (C=O) groups excluding carboxylic acids is 2. The lowest BCUT2D eigenvalue weighted by molar-refractivity contribution is -0.135. The van der Waals surface area contributed by atoms with Crippen LogP contribution in [0.3, 0.4) is 0 Å². The van der Waals surface area contributed by atoms with Crippen molar-refractivity contribution in [2.75, 3.05) is 13.2 Å². The highest BCUT2D eigenvalue weighted by Crippen LogP contribution is 2.52. The lowest BCUT2D eigenvalue weighted by atomic mass is 9.65. The zero-order valence-electron chi connectivity index (χ0n) is 14.9. The molecule has 136 valence electrons. The Balaban J connectivity index is 1.62. The van der Waals surface area contributed by atoms with Gasteiger partial charge in [-0.3, -0.25) is 4.79 Å². The molecule has 6 heteroatoms. The van der Waals surface area contributed by atoms with Gasteiger partial charge in [0, 0.05) is 18.7 Å². The highest BCUT2D eigenvalue weighted by atomic mass is 16.5. The van der Waals surface area contributed by atoms with Crippen molar-refractivity contribution in [1.82, 2.24) is 4.90 Å². The summed E-state index contributed by atoms with van der Waals surface area (Å²) in [5.41, 5.74) is 0.265. The Morgan fingerprint density at radius 2 is 1.96 bits per heavy atom. The molecule has 2 fully saturated rings. The van der Waals surface area contributed by atoms with Crippen LogP contribution in [0, 0.1) is 10.8 Å². The van der Waals surface area contributed by atoms with Crippen LogP contribution in [0.2, 0.25) is 0 Å². The van der Waals surface area contributed by atoms with E-state index in [9.17, 15) is 19.8 Å². The minimum atomic E-state index is -0.778. The van der Waals surface area contributed by atoms with Crippen LogP contribution < -0.4 is 0 Å². The van der Waals surface area contributed by atoms with Crippen LogP contribution in [0.15, 0.2) is 18.2 Å². The molecule has 6 nitrogen and oxygen atoms in total. The van der Waals surface area contributed by atoms with Crippen LogP contribution in [-0.2, 0) is 9.53 Å². The zero-order chi connectivity index (χ0) is 18.4. The second-order valence-electron chi connectivity index (χ2n) is 8.51. The molecule has 1 heterocycles. The van der Waals surface area contributed by atoms with Crippen LogP contribution in [0.1, 0.15) is 50.4 Å². The summed E-state index contributed by atoms with van der Waals surface area (Å²) in [6.45, 7) is 7.04. The van der Waals surface area contributed by atoms with Crippen molar-refractivity contribution in [3.8, 4) is 11.5 Å². The van der Waals surface area contributed by atoms with E-state index in [1.54, 1.807) is 0 Å². The first kappa shape index (κ1) is 17.6. The Bertz CT molecular complexity index is 714. The van der Waals surface area contributed by atoms with E-state index >= 15 is 0 Å². The van der Waals surface area contributed by atoms with Crippen molar-refractivity contribution in [3.63, 3.8) is 0 Å². The number of nitrogens with zero attached hydrogens (tertiary/aromatic N) is 1. The van der Waals surface area contributed by atoms with Crippen LogP contribution in [-0.4, -0.2) is 46.2 Å². The van der Waals surface area contributed by atoms with E-state index in [0.29, 0.717) is 6.54 Å². The maximum Gasteiger partial charge on any atom is 0.342 e. The number of hydrogen-bond donors (Lipinski definition) is 2. The minimum absolute atomic E-state index is 0.0705. The minimum Gasteiger partial charge on any atom is -0.508 e. The molecular formula is C19H25NO5. The van der Waals surface area contributed by atoms with Gasteiger partial charge in [-0.15, -0.1) is 0 Å². The lowest BCUT2D eigenvalue weighted by Crippen LogP contribution is -2.39. The van der Waals surface area contributed by atoms with Gasteiger partial charge < -0.3 is 19.8 Å². The SMILES string of the molecule is CC1(C)CC2CC(C)(CN2C(=O)COC(=O)c2ccc(O)cc2O)C1. The summed E-state index contributed by atoms with van der Waals surface area (Å²) in [5, 5.41) is 19.0. The third-order valence-electron chi connectivity index (χ3n) is 5.26. The first-order chi connectivity index (χ1) is 11.6. The number of fused-ring (bicyclic) bond motifs is 2. The predicted octanol–water partition coefficient (Wildman–Crippen LogP) is 2.68. The average molecular weight is 347 g/mol. The van der Waals surface area contributed by atoms with Gasteiger partial charge in [-0.2, -0.15) is 0 Å². The first-order valence-electron chi connectivity index (χ1n) is 8.57. The van der Waals surface area contributed by atoms with Gasteiger partial charge in [-0.25, -0.2) is 4.79 Å². The van der Waals surface area contributed by atoms with Crippen LogP contribution in [0.4, 0.5) is 0 Å². The van der Waals surface area contributed by atoms with Crippen molar-refractivity contribution in [1.29, 1.82) is 0 Å². The fraction of sp³-hybridized carbons (Fsp3) is 0.579. The normalized spacial score (nSPS) is 27.2. The van der Waals surface area contributed by atoms with Gasteiger partial charge in [0.2, 0.25) is 0 Å². The fourth-order valence-corrected chi connectivity index (χ4v) is 4.73. The summed E-state index contributed by atoms with van der Waals surface area (Å²) in [4.78, 5) is 26.5. The Labute approximate surface area is 147 Å². The second-order valence-corrected chi connectivity index (χ2v) is 8.51. The predicted molar refractivity (Wildman–Crippen MR) is 91.3 cm³/mol. The Kier molecular flexibility index (Phi) is 4.17. The van der Waals surface area contributed by atoms with Gasteiger partial charge in [0.1, 0.15) is 17.1 Å². The van der Waals surface area contributed by atoms with Crippen molar-refractivity contribution in [2.45, 2.75) is 46.1 Å². The fourth-order valence-electron chi connectivity index (χ4n) is 4.73. The average Bonchev–Trinajstić information content (AvgIpc) is 2.73. The molecule has 0 spiro atoms. The molecule has 0 aromatic heterocycles. The number of rotatable bonds is 3. The summed E-state index contributed by atoms with van der Waals surface area (Å²) < 4.78 is 5.08. The molecule has 1 saturated heterocycles. The van der Waals surface area contributed by atoms with E-state index in [4.69, 9.17) is 4.74 Å². The van der Waals surface area contributed by atoms with Gasteiger partial charge in [0.25, 0.3) is 5.91 Å². The van der Waals surface area contributed by atoms with Gasteiger partial charge in [-0.05, 0) is 42.2 Å². The van der Waals surface area contributed by atoms with E-state index in [1.807, 2.05) is 4.90 Å². The van der Waals surface area contributed by atoms with Gasteiger partial charge >= 0.3 is 5.97 Å². The lowest BCUT2D eigenvalue weighted by Gasteiger charge is -2.39. The molecule has 1 aliphatic carbocycles. The number of benzene rings is 1. The van der Waals surface area contributed by atoms with Crippen LogP contribution in [0.5, 0.6) is 11.5 Å². The van der Waals surface area contributed by atoms with Gasteiger partial charge in [-0.1, -0.05) is 20.8 Å². The topological polar surface area (TPSA) is 87.1 Å². The summed E-state index contributed by atoms with van der Waals surface area (Å²) in [6.07, 6.45) is 3.04. The van der Waals surface area contributed by atoms with Crippen molar-refractivity contribution < 1.29 is 24.5 Å². The summed E-state index contributed by atoms with van der Waals surface area (Å²) >= 11 is 0. The second kappa shape index (κ2) is 5.93. The van der Waals surface area contributed by atoms with E-state index in [-0.39, 0.29) is 46.4 Å². The monoisotopic (exact) mass is 347 g/mol. The molecule has 1 aromatic carbocycles. The summed E-state index contributed by atoms with van der Waals surface area (Å²) in [7, 11) is 0. The number of ether oxygens (including phenoxy) is 1. The molecule has 1 amide bonds. The molecule has 2 unspecified atom stereocenters. The van der Waals surface area contributed by atoms with E-state index < -0.39 is 5.97 Å². The molecule has 3 rings (SSSR count). The molecular weight excluding hydrogens is 322 g/mol. The number of carbonyl (C=O) groups is 2. The number of phenols is 2. The molecule has 2 atom stereocenters. The van der Waals surface area contributed by atoms with Crippen LogP contribution >= 0.6 is 0 Å². The zero-order valence-corrected chi connectivity index (χ0v) is 14.9. The van der Waals surface area contributed by atoms with Crippen molar-refractivity contribution >= 4 is 11.9 Å². The molecule has 25 heavy (non-hydrogen) atoms. The third kappa shape index (κ3) is 3.57. The summed E-state index contributed by atoms with van der Waals surface area (Å²) in [6, 6.07) is 3.81. The standard InChI is InChI=1S/C19H25NO5/c1-18(2)7-12-8-19(3,10-18)11-20(12)16(23)9-25-17(24)14-5-4-13(21)6-15(14)22/h4-6,12,21-22H,7-11H2,1-3H3. The quantitative estimate of drug-likeness (QED) is 0.821. The smallest absolute Gasteiger partial charge is 0.342 e. The number of aromatic hydroxyl groups is 2. The Hall–Kier alpha value is -2.24. The van der Waals surface area contributed by atoms with E-state index in [2.05, 4.69) is 20.8 Å². The number of hydrogen-bond acceptors (Lipinski definition) is 5. The number of esters is 1. The molecule has 1 aliphatic heterocycles. The molecule has 2 N–H and O–H groups in total. The highest BCUT2D eigenvalue weighted by molar-refractivity contribution is 5.94. The summed E-state index contributed by atoms with van der Waals surface area (Å²) in [5.74, 6) is -1.49. The maximum absolute atomic E-state index is 12.6. The molecule has 2 bridgehead atoms. The van der Waals surface area contributed by atoms with Gasteiger partial charge in [0.05, 0.1) is 0 Å². The largest absolute Gasteiger partial charge is 0.508 e. The Morgan fingerprint density at radius 1 is 1.24 bits per heavy atom. The Morgan fingerprint density at radius 3 is 2.64 bits per heavy atom. The molecule has 0 radical (unpaired) electrons. The molecule has 1 saturated carbocycles. The highest BCUT2D eigenvalue weighted by Gasteiger charge is 2.50.